The Morgan fingerprint density at radius 2 is 1.80 bits per heavy atom. The van der Waals surface area contributed by atoms with Gasteiger partial charge >= 0.3 is 6.61 Å². The topological polar surface area (TPSA) is 98.1 Å². The molecule has 156 valence electrons. The van der Waals surface area contributed by atoms with E-state index in [-0.39, 0.29) is 17.4 Å². The summed E-state index contributed by atoms with van der Waals surface area (Å²) in [5.41, 5.74) is 1.63. The van der Waals surface area contributed by atoms with Gasteiger partial charge in [0.1, 0.15) is 5.75 Å². The Hall–Kier alpha value is -3.53. The van der Waals surface area contributed by atoms with Crippen molar-refractivity contribution in [3.05, 3.63) is 58.9 Å². The average Bonchev–Trinajstić information content (AvgIpc) is 3.05. The van der Waals surface area contributed by atoms with E-state index in [0.717, 1.165) is 0 Å². The Kier molecular flexibility index (Phi) is 6.26. The average molecular weight is 436 g/mol. The summed E-state index contributed by atoms with van der Waals surface area (Å²) in [5.74, 6) is -0.879. The summed E-state index contributed by atoms with van der Waals surface area (Å²) in [6.07, 6.45) is 0. The van der Waals surface area contributed by atoms with Crippen molar-refractivity contribution in [3.8, 4) is 11.4 Å². The van der Waals surface area contributed by atoms with Crippen LogP contribution in [0.15, 0.2) is 42.5 Å². The van der Waals surface area contributed by atoms with Crippen molar-refractivity contribution in [3.63, 3.8) is 0 Å². The number of hydrogen-bond donors (Lipinski definition) is 2. The number of alkyl halides is 2. The van der Waals surface area contributed by atoms with Crippen LogP contribution in [-0.2, 0) is 4.79 Å². The summed E-state index contributed by atoms with van der Waals surface area (Å²) in [6, 6.07) is 10.4. The standard InChI is InChI=1S/C19H16ClF2N5O3/c1-10-17(18(29)24-16-9-12(20)3-8-15(16)23-11(2)28)25-26-27(10)13-4-6-14(7-5-13)30-19(21)22/h3-9,19H,1-2H3,(H,23,28)(H,24,29). The molecule has 0 radical (unpaired) electrons. The highest BCUT2D eigenvalue weighted by molar-refractivity contribution is 6.31. The van der Waals surface area contributed by atoms with E-state index in [4.69, 9.17) is 11.6 Å². The molecular formula is C19H16ClF2N5O3. The number of amides is 2. The summed E-state index contributed by atoms with van der Waals surface area (Å²) >= 11 is 5.99. The van der Waals surface area contributed by atoms with Gasteiger partial charge < -0.3 is 15.4 Å². The van der Waals surface area contributed by atoms with Gasteiger partial charge in [-0.3, -0.25) is 9.59 Å². The fourth-order valence-corrected chi connectivity index (χ4v) is 2.83. The summed E-state index contributed by atoms with van der Waals surface area (Å²) < 4.78 is 30.2. The monoisotopic (exact) mass is 435 g/mol. The number of halogens is 3. The lowest BCUT2D eigenvalue weighted by atomic mass is 10.2. The second kappa shape index (κ2) is 8.87. The summed E-state index contributed by atoms with van der Waals surface area (Å²) in [5, 5.41) is 13.5. The van der Waals surface area contributed by atoms with E-state index >= 15 is 0 Å². The molecule has 0 fully saturated rings. The first-order valence-corrected chi connectivity index (χ1v) is 8.98. The van der Waals surface area contributed by atoms with E-state index in [0.29, 0.717) is 27.8 Å². The van der Waals surface area contributed by atoms with E-state index in [1.54, 1.807) is 19.1 Å². The highest BCUT2D eigenvalue weighted by Gasteiger charge is 2.19. The van der Waals surface area contributed by atoms with Crippen LogP contribution in [0, 0.1) is 6.92 Å². The fraction of sp³-hybridized carbons (Fsp3) is 0.158. The number of hydrogen-bond acceptors (Lipinski definition) is 5. The summed E-state index contributed by atoms with van der Waals surface area (Å²) in [7, 11) is 0. The van der Waals surface area contributed by atoms with Crippen LogP contribution in [0.2, 0.25) is 5.02 Å². The molecule has 0 aliphatic heterocycles. The van der Waals surface area contributed by atoms with Crippen LogP contribution in [0.25, 0.3) is 5.69 Å². The number of aromatic nitrogens is 3. The lowest BCUT2D eigenvalue weighted by Gasteiger charge is -2.11. The maximum Gasteiger partial charge on any atom is 0.387 e. The Morgan fingerprint density at radius 3 is 2.43 bits per heavy atom. The van der Waals surface area contributed by atoms with E-state index in [1.165, 1.54) is 41.9 Å². The fourth-order valence-electron chi connectivity index (χ4n) is 2.65. The van der Waals surface area contributed by atoms with Gasteiger partial charge in [0.2, 0.25) is 5.91 Å². The zero-order valence-electron chi connectivity index (χ0n) is 15.8. The number of carbonyl (C=O) groups is 2. The molecule has 11 heteroatoms. The van der Waals surface area contributed by atoms with Crippen LogP contribution >= 0.6 is 11.6 Å². The molecule has 2 amide bonds. The molecule has 0 unspecified atom stereocenters. The Balaban J connectivity index is 1.83. The third kappa shape index (κ3) is 4.90. The van der Waals surface area contributed by atoms with Crippen molar-refractivity contribution >= 4 is 34.8 Å². The van der Waals surface area contributed by atoms with Gasteiger partial charge in [0.15, 0.2) is 5.69 Å². The number of anilines is 2. The van der Waals surface area contributed by atoms with Crippen LogP contribution in [-0.4, -0.2) is 33.4 Å². The SMILES string of the molecule is CC(=O)Nc1ccc(Cl)cc1NC(=O)c1nnn(-c2ccc(OC(F)F)cc2)c1C. The first kappa shape index (κ1) is 21.2. The lowest BCUT2D eigenvalue weighted by Crippen LogP contribution is -2.16. The molecule has 8 nitrogen and oxygen atoms in total. The van der Waals surface area contributed by atoms with E-state index in [2.05, 4.69) is 25.7 Å². The van der Waals surface area contributed by atoms with Crippen LogP contribution in [0.1, 0.15) is 23.1 Å². The van der Waals surface area contributed by atoms with Gasteiger partial charge in [-0.05, 0) is 49.4 Å². The predicted molar refractivity (Wildman–Crippen MR) is 106 cm³/mol. The van der Waals surface area contributed by atoms with Crippen molar-refractivity contribution in [1.82, 2.24) is 15.0 Å². The van der Waals surface area contributed by atoms with Gasteiger partial charge in [0, 0.05) is 11.9 Å². The highest BCUT2D eigenvalue weighted by Crippen LogP contribution is 2.27. The molecule has 0 atom stereocenters. The quantitative estimate of drug-likeness (QED) is 0.609. The normalized spacial score (nSPS) is 10.7. The van der Waals surface area contributed by atoms with Crippen molar-refractivity contribution in [2.75, 3.05) is 10.6 Å². The maximum atomic E-state index is 12.7. The van der Waals surface area contributed by atoms with Gasteiger partial charge in [-0.2, -0.15) is 8.78 Å². The Labute approximate surface area is 174 Å². The first-order valence-electron chi connectivity index (χ1n) is 8.60. The minimum absolute atomic E-state index is 0.00376. The molecular weight excluding hydrogens is 420 g/mol. The zero-order valence-corrected chi connectivity index (χ0v) is 16.6. The van der Waals surface area contributed by atoms with Crippen molar-refractivity contribution in [1.29, 1.82) is 0 Å². The molecule has 0 bridgehead atoms. The maximum absolute atomic E-state index is 12.7. The molecule has 0 spiro atoms. The van der Waals surface area contributed by atoms with Crippen LogP contribution in [0.5, 0.6) is 5.75 Å². The van der Waals surface area contributed by atoms with Crippen LogP contribution in [0.3, 0.4) is 0 Å². The van der Waals surface area contributed by atoms with Gasteiger partial charge in [-0.1, -0.05) is 16.8 Å². The molecule has 3 aromatic rings. The summed E-state index contributed by atoms with van der Waals surface area (Å²) in [4.78, 5) is 24.1. The third-order valence-corrected chi connectivity index (χ3v) is 4.19. The lowest BCUT2D eigenvalue weighted by molar-refractivity contribution is -0.114. The molecule has 2 aromatic carbocycles. The van der Waals surface area contributed by atoms with E-state index in [1.807, 2.05) is 0 Å². The van der Waals surface area contributed by atoms with Gasteiger partial charge in [-0.15, -0.1) is 5.10 Å². The molecule has 0 aliphatic rings. The van der Waals surface area contributed by atoms with Crippen molar-refractivity contribution < 1.29 is 23.1 Å². The molecule has 30 heavy (non-hydrogen) atoms. The van der Waals surface area contributed by atoms with Gasteiger partial charge in [-0.25, -0.2) is 4.68 Å². The molecule has 1 heterocycles. The van der Waals surface area contributed by atoms with E-state index in [9.17, 15) is 18.4 Å². The second-order valence-corrected chi connectivity index (χ2v) is 6.57. The highest BCUT2D eigenvalue weighted by atomic mass is 35.5. The number of carbonyl (C=O) groups excluding carboxylic acids is 2. The number of rotatable bonds is 6. The first-order chi connectivity index (χ1) is 14.2. The number of benzene rings is 2. The molecule has 0 saturated carbocycles. The zero-order chi connectivity index (χ0) is 21.8. The minimum Gasteiger partial charge on any atom is -0.435 e. The van der Waals surface area contributed by atoms with Crippen molar-refractivity contribution in [2.24, 2.45) is 0 Å². The van der Waals surface area contributed by atoms with Gasteiger partial charge in [0.25, 0.3) is 5.91 Å². The number of nitrogens with one attached hydrogen (secondary N) is 2. The van der Waals surface area contributed by atoms with Gasteiger partial charge in [0.05, 0.1) is 22.8 Å². The predicted octanol–water partition coefficient (Wildman–Crippen LogP) is 4.04. The smallest absolute Gasteiger partial charge is 0.387 e. The second-order valence-electron chi connectivity index (χ2n) is 6.13. The largest absolute Gasteiger partial charge is 0.435 e. The number of nitrogens with zero attached hydrogens (tertiary/aromatic N) is 3. The van der Waals surface area contributed by atoms with Crippen molar-refractivity contribution in [2.45, 2.75) is 20.5 Å². The molecule has 3 rings (SSSR count). The van der Waals surface area contributed by atoms with Crippen LogP contribution < -0.4 is 15.4 Å². The van der Waals surface area contributed by atoms with E-state index < -0.39 is 12.5 Å². The molecule has 1 aromatic heterocycles. The Morgan fingerprint density at radius 1 is 1.10 bits per heavy atom. The minimum atomic E-state index is -2.92. The molecule has 0 saturated heterocycles. The number of ether oxygens (including phenoxy) is 1. The van der Waals surface area contributed by atoms with Crippen LogP contribution in [0.4, 0.5) is 20.2 Å². The summed E-state index contributed by atoms with van der Waals surface area (Å²) in [6.45, 7) is 0.0480. The molecule has 0 aliphatic carbocycles. The molecule has 2 N–H and O–H groups in total. The Bertz CT molecular complexity index is 1090. The third-order valence-electron chi connectivity index (χ3n) is 3.96.